The highest BCUT2D eigenvalue weighted by molar-refractivity contribution is 7.98. The number of ether oxygens (including phenoxy) is 4. The SMILES string of the molecule is COC(=O)CCCNC(=O)[C@H](CCSC)Nc1ccc2c(cc1=O)[C@@H](NC(C)=O)CCc1cc(OC)c(OC)c(OC)c1-2. The predicted molar refractivity (Wildman–Crippen MR) is 167 cm³/mol. The first-order chi connectivity index (χ1) is 20.7. The van der Waals surface area contributed by atoms with Gasteiger partial charge in [0, 0.05) is 25.5 Å². The fourth-order valence-electron chi connectivity index (χ4n) is 5.19. The minimum absolute atomic E-state index is 0.196. The van der Waals surface area contributed by atoms with Gasteiger partial charge in [-0.3, -0.25) is 19.2 Å². The summed E-state index contributed by atoms with van der Waals surface area (Å²) in [5.41, 5.74) is 2.90. The Labute approximate surface area is 256 Å². The first kappa shape index (κ1) is 33.6. The van der Waals surface area contributed by atoms with Crippen molar-refractivity contribution in [2.75, 3.05) is 52.3 Å². The molecule has 0 spiro atoms. The number of anilines is 1. The predicted octanol–water partition coefficient (Wildman–Crippen LogP) is 3.47. The van der Waals surface area contributed by atoms with E-state index in [2.05, 4.69) is 20.7 Å². The molecule has 1 aliphatic carbocycles. The van der Waals surface area contributed by atoms with E-state index in [1.54, 1.807) is 32.0 Å². The van der Waals surface area contributed by atoms with Crippen LogP contribution in [0, 0.1) is 0 Å². The van der Waals surface area contributed by atoms with Crippen molar-refractivity contribution in [1.29, 1.82) is 0 Å². The number of methoxy groups -OCH3 is 4. The van der Waals surface area contributed by atoms with Crippen LogP contribution in [0.3, 0.4) is 0 Å². The van der Waals surface area contributed by atoms with Crippen molar-refractivity contribution in [3.05, 3.63) is 45.6 Å². The van der Waals surface area contributed by atoms with E-state index in [9.17, 15) is 19.2 Å². The zero-order valence-electron chi connectivity index (χ0n) is 25.6. The van der Waals surface area contributed by atoms with Crippen LogP contribution >= 0.6 is 11.8 Å². The Balaban J connectivity index is 2.09. The summed E-state index contributed by atoms with van der Waals surface area (Å²) in [5, 5.41) is 9.00. The van der Waals surface area contributed by atoms with Crippen molar-refractivity contribution >= 4 is 35.2 Å². The van der Waals surface area contributed by atoms with Gasteiger partial charge in [0.1, 0.15) is 6.04 Å². The van der Waals surface area contributed by atoms with Gasteiger partial charge < -0.3 is 34.9 Å². The summed E-state index contributed by atoms with van der Waals surface area (Å²) >= 11 is 1.59. The number of carbonyl (C=O) groups excluding carboxylic acids is 3. The van der Waals surface area contributed by atoms with Gasteiger partial charge in [-0.25, -0.2) is 0 Å². The third-order valence-corrected chi connectivity index (χ3v) is 7.90. The number of carbonyl (C=O) groups is 3. The minimum atomic E-state index is -0.683. The third-order valence-electron chi connectivity index (χ3n) is 7.26. The number of rotatable bonds is 14. The molecular formula is C31H41N3O8S. The van der Waals surface area contributed by atoms with Gasteiger partial charge in [0.15, 0.2) is 11.5 Å². The van der Waals surface area contributed by atoms with Crippen LogP contribution in [0.5, 0.6) is 17.2 Å². The molecule has 12 heteroatoms. The van der Waals surface area contributed by atoms with Crippen LogP contribution in [-0.2, 0) is 25.5 Å². The monoisotopic (exact) mass is 615 g/mol. The number of hydrogen-bond donors (Lipinski definition) is 3. The number of thioether (sulfide) groups is 1. The second kappa shape index (κ2) is 16.1. The van der Waals surface area contributed by atoms with E-state index in [0.29, 0.717) is 66.4 Å². The molecule has 0 saturated heterocycles. The number of fused-ring (bicyclic) bond motifs is 3. The Bertz CT molecular complexity index is 1380. The largest absolute Gasteiger partial charge is 0.493 e. The van der Waals surface area contributed by atoms with E-state index in [1.165, 1.54) is 27.2 Å². The summed E-state index contributed by atoms with van der Waals surface area (Å²) in [6.07, 6.45) is 4.18. The molecule has 2 atom stereocenters. The minimum Gasteiger partial charge on any atom is -0.493 e. The van der Waals surface area contributed by atoms with E-state index < -0.39 is 12.1 Å². The summed E-state index contributed by atoms with van der Waals surface area (Å²) in [7, 11) is 5.95. The van der Waals surface area contributed by atoms with Crippen molar-refractivity contribution in [2.24, 2.45) is 0 Å². The van der Waals surface area contributed by atoms with Crippen molar-refractivity contribution < 1.29 is 33.3 Å². The van der Waals surface area contributed by atoms with Gasteiger partial charge in [-0.1, -0.05) is 6.07 Å². The van der Waals surface area contributed by atoms with E-state index >= 15 is 0 Å². The maximum absolute atomic E-state index is 13.7. The Morgan fingerprint density at radius 3 is 2.42 bits per heavy atom. The van der Waals surface area contributed by atoms with Crippen LogP contribution in [0.2, 0.25) is 0 Å². The lowest BCUT2D eigenvalue weighted by atomic mass is 9.95. The summed E-state index contributed by atoms with van der Waals surface area (Å²) in [5.74, 6) is 1.24. The first-order valence-corrected chi connectivity index (χ1v) is 15.5. The van der Waals surface area contributed by atoms with Gasteiger partial charge in [0.05, 0.1) is 40.2 Å². The first-order valence-electron chi connectivity index (χ1n) is 14.1. The molecule has 2 amide bonds. The summed E-state index contributed by atoms with van der Waals surface area (Å²) < 4.78 is 21.7. The molecule has 2 aromatic rings. The molecule has 43 heavy (non-hydrogen) atoms. The Morgan fingerprint density at radius 2 is 1.79 bits per heavy atom. The topological polar surface area (TPSA) is 141 Å². The fraction of sp³-hybridized carbons (Fsp3) is 0.484. The lowest BCUT2D eigenvalue weighted by Crippen LogP contribution is -2.41. The molecule has 0 saturated carbocycles. The number of amides is 2. The average molecular weight is 616 g/mol. The molecule has 0 radical (unpaired) electrons. The molecule has 11 nitrogen and oxygen atoms in total. The number of aryl methyl sites for hydroxylation is 1. The zero-order valence-corrected chi connectivity index (χ0v) is 26.4. The highest BCUT2D eigenvalue weighted by Gasteiger charge is 2.30. The molecule has 3 N–H and O–H groups in total. The van der Waals surface area contributed by atoms with Crippen LogP contribution < -0.4 is 35.6 Å². The third kappa shape index (κ3) is 8.34. The van der Waals surface area contributed by atoms with Gasteiger partial charge in [-0.2, -0.15) is 11.8 Å². The maximum Gasteiger partial charge on any atom is 0.305 e. The van der Waals surface area contributed by atoms with Gasteiger partial charge >= 0.3 is 5.97 Å². The Hall–Kier alpha value is -3.93. The highest BCUT2D eigenvalue weighted by atomic mass is 32.2. The molecular weight excluding hydrogens is 574 g/mol. The van der Waals surface area contributed by atoms with Gasteiger partial charge in [-0.05, 0) is 72.6 Å². The van der Waals surface area contributed by atoms with Crippen molar-refractivity contribution in [1.82, 2.24) is 10.6 Å². The Kier molecular flexibility index (Phi) is 12.5. The van der Waals surface area contributed by atoms with Gasteiger partial charge in [0.2, 0.25) is 23.0 Å². The number of nitrogens with one attached hydrogen (secondary N) is 3. The lowest BCUT2D eigenvalue weighted by molar-refractivity contribution is -0.140. The molecule has 0 aromatic heterocycles. The smallest absolute Gasteiger partial charge is 0.305 e. The molecule has 0 heterocycles. The fourth-order valence-corrected chi connectivity index (χ4v) is 5.66. The average Bonchev–Trinajstić information content (AvgIpc) is 3.24. The molecule has 1 aliphatic rings. The Morgan fingerprint density at radius 1 is 1.05 bits per heavy atom. The summed E-state index contributed by atoms with van der Waals surface area (Å²) in [6, 6.07) is 5.76. The van der Waals surface area contributed by atoms with E-state index in [4.69, 9.17) is 14.2 Å². The number of hydrogen-bond acceptors (Lipinski definition) is 10. The molecule has 0 fully saturated rings. The number of benzene rings is 1. The second-order valence-corrected chi connectivity index (χ2v) is 11.0. The molecule has 0 unspecified atom stereocenters. The zero-order chi connectivity index (χ0) is 31.5. The standard InChI is InChI=1S/C31H41N3O8S/c1-18(35)33-22-11-9-19-16-26(39-2)29(41-4)30(42-5)28(19)20-10-12-23(25(36)17-21(20)22)34-24(13-15-43-6)31(38)32-14-7-8-27(37)40-3/h10,12,16-17,22,24H,7-9,11,13-15H2,1-6H3,(H,32,38)(H,33,35)(H,34,36)/t22-,24-/m0/s1. The summed E-state index contributed by atoms with van der Waals surface area (Å²) in [4.78, 5) is 50.4. The van der Waals surface area contributed by atoms with Crippen LogP contribution in [0.1, 0.15) is 49.8 Å². The lowest BCUT2D eigenvalue weighted by Gasteiger charge is -2.19. The van der Waals surface area contributed by atoms with Crippen LogP contribution in [0.15, 0.2) is 29.1 Å². The van der Waals surface area contributed by atoms with Gasteiger partial charge in [0.25, 0.3) is 0 Å². The maximum atomic E-state index is 13.7. The highest BCUT2D eigenvalue weighted by Crippen LogP contribution is 2.50. The summed E-state index contributed by atoms with van der Waals surface area (Å²) in [6.45, 7) is 1.74. The van der Waals surface area contributed by atoms with Crippen molar-refractivity contribution in [3.8, 4) is 28.4 Å². The van der Waals surface area contributed by atoms with Crippen LogP contribution in [0.25, 0.3) is 11.1 Å². The van der Waals surface area contributed by atoms with E-state index in [1.807, 2.05) is 18.4 Å². The van der Waals surface area contributed by atoms with Gasteiger partial charge in [-0.15, -0.1) is 0 Å². The second-order valence-electron chi connectivity index (χ2n) is 10.0. The van der Waals surface area contributed by atoms with E-state index in [-0.39, 0.29) is 35.3 Å². The van der Waals surface area contributed by atoms with Crippen LogP contribution in [0.4, 0.5) is 5.69 Å². The molecule has 0 aliphatic heterocycles. The van der Waals surface area contributed by atoms with E-state index in [0.717, 1.165) is 11.1 Å². The van der Waals surface area contributed by atoms with Crippen molar-refractivity contribution in [3.63, 3.8) is 0 Å². The molecule has 0 bridgehead atoms. The van der Waals surface area contributed by atoms with Crippen LogP contribution in [-0.4, -0.2) is 70.8 Å². The normalized spacial score (nSPS) is 14.2. The molecule has 3 rings (SSSR count). The number of esters is 1. The molecule has 2 aromatic carbocycles. The molecule has 234 valence electrons. The van der Waals surface area contributed by atoms with Crippen molar-refractivity contribution in [2.45, 2.75) is 51.1 Å². The quantitative estimate of drug-likeness (QED) is 0.214.